The highest BCUT2D eigenvalue weighted by Crippen LogP contribution is 1.98. The van der Waals surface area contributed by atoms with Crippen LogP contribution in [0.4, 0.5) is 0 Å². The van der Waals surface area contributed by atoms with E-state index in [4.69, 9.17) is 5.84 Å². The molecule has 82 valence electrons. The van der Waals surface area contributed by atoms with E-state index in [0.29, 0.717) is 6.42 Å². The second-order valence-electron chi connectivity index (χ2n) is 3.62. The maximum absolute atomic E-state index is 10.9. The summed E-state index contributed by atoms with van der Waals surface area (Å²) < 4.78 is 0. The van der Waals surface area contributed by atoms with Gasteiger partial charge in [0.05, 0.1) is 0 Å². The SMILES string of the molecule is NNC(=O)CCCN1CCCNCC1. The van der Waals surface area contributed by atoms with Crippen LogP contribution in [0.15, 0.2) is 0 Å². The molecule has 14 heavy (non-hydrogen) atoms. The Bertz CT molecular complexity index is 166. The number of nitrogens with one attached hydrogen (secondary N) is 2. The summed E-state index contributed by atoms with van der Waals surface area (Å²) in [6.45, 7) is 5.39. The van der Waals surface area contributed by atoms with Crippen LogP contribution in [-0.4, -0.2) is 43.5 Å². The molecule has 1 aliphatic heterocycles. The van der Waals surface area contributed by atoms with Gasteiger partial charge in [0.1, 0.15) is 0 Å². The Hall–Kier alpha value is -0.650. The predicted octanol–water partition coefficient (Wildman–Crippen LogP) is -0.948. The minimum atomic E-state index is -0.0713. The van der Waals surface area contributed by atoms with Gasteiger partial charge in [-0.25, -0.2) is 5.84 Å². The van der Waals surface area contributed by atoms with E-state index in [2.05, 4.69) is 15.6 Å². The van der Waals surface area contributed by atoms with Crippen LogP contribution in [-0.2, 0) is 4.79 Å². The fourth-order valence-electron chi connectivity index (χ4n) is 1.66. The molecule has 0 aromatic rings. The van der Waals surface area contributed by atoms with Gasteiger partial charge in [-0.2, -0.15) is 0 Å². The average Bonchev–Trinajstić information content (AvgIpc) is 2.46. The summed E-state index contributed by atoms with van der Waals surface area (Å²) in [5, 5.41) is 3.35. The van der Waals surface area contributed by atoms with E-state index in [1.165, 1.54) is 6.42 Å². The molecule has 1 fully saturated rings. The first kappa shape index (κ1) is 11.4. The summed E-state index contributed by atoms with van der Waals surface area (Å²) in [4.78, 5) is 13.2. The molecule has 1 rings (SSSR count). The molecule has 0 radical (unpaired) electrons. The largest absolute Gasteiger partial charge is 0.315 e. The van der Waals surface area contributed by atoms with E-state index < -0.39 is 0 Å². The van der Waals surface area contributed by atoms with Crippen molar-refractivity contribution in [2.75, 3.05) is 32.7 Å². The van der Waals surface area contributed by atoms with Crippen LogP contribution in [0.1, 0.15) is 19.3 Å². The molecule has 1 aliphatic rings. The first-order valence-corrected chi connectivity index (χ1v) is 5.25. The van der Waals surface area contributed by atoms with Crippen molar-refractivity contribution >= 4 is 5.91 Å². The van der Waals surface area contributed by atoms with E-state index in [9.17, 15) is 4.79 Å². The van der Waals surface area contributed by atoms with Crippen LogP contribution in [0.3, 0.4) is 0 Å². The molecule has 5 heteroatoms. The molecule has 0 aliphatic carbocycles. The number of hydrogen-bond acceptors (Lipinski definition) is 4. The molecule has 5 nitrogen and oxygen atoms in total. The monoisotopic (exact) mass is 200 g/mol. The number of carbonyl (C=O) groups excluding carboxylic acids is 1. The minimum absolute atomic E-state index is 0.0713. The first-order valence-electron chi connectivity index (χ1n) is 5.25. The minimum Gasteiger partial charge on any atom is -0.315 e. The number of hydrogen-bond donors (Lipinski definition) is 3. The van der Waals surface area contributed by atoms with Gasteiger partial charge in [0.2, 0.25) is 5.91 Å². The zero-order chi connectivity index (χ0) is 10.2. The Labute approximate surface area is 85.0 Å². The standard InChI is InChI=1S/C9H20N4O/c10-12-9(14)3-1-6-13-7-2-4-11-5-8-13/h11H,1-8,10H2,(H,12,14). The van der Waals surface area contributed by atoms with Gasteiger partial charge >= 0.3 is 0 Å². The molecule has 4 N–H and O–H groups in total. The van der Waals surface area contributed by atoms with Crippen LogP contribution in [0, 0.1) is 0 Å². The highest BCUT2D eigenvalue weighted by molar-refractivity contribution is 5.75. The van der Waals surface area contributed by atoms with Crippen LogP contribution >= 0.6 is 0 Å². The summed E-state index contributed by atoms with van der Waals surface area (Å²) in [6, 6.07) is 0. The number of rotatable bonds is 4. The lowest BCUT2D eigenvalue weighted by Crippen LogP contribution is -2.32. The number of nitrogens with two attached hydrogens (primary N) is 1. The van der Waals surface area contributed by atoms with Gasteiger partial charge < -0.3 is 10.2 Å². The van der Waals surface area contributed by atoms with Crippen molar-refractivity contribution in [1.82, 2.24) is 15.6 Å². The van der Waals surface area contributed by atoms with Crippen LogP contribution in [0.5, 0.6) is 0 Å². The van der Waals surface area contributed by atoms with Gasteiger partial charge in [-0.3, -0.25) is 10.2 Å². The summed E-state index contributed by atoms with van der Waals surface area (Å²) >= 11 is 0. The zero-order valence-electron chi connectivity index (χ0n) is 8.59. The van der Waals surface area contributed by atoms with Crippen molar-refractivity contribution in [1.29, 1.82) is 0 Å². The highest BCUT2D eigenvalue weighted by atomic mass is 16.2. The average molecular weight is 200 g/mol. The maximum Gasteiger partial charge on any atom is 0.233 e. The Morgan fingerprint density at radius 2 is 2.29 bits per heavy atom. The zero-order valence-corrected chi connectivity index (χ0v) is 8.59. The topological polar surface area (TPSA) is 70.4 Å². The van der Waals surface area contributed by atoms with Crippen LogP contribution in [0.2, 0.25) is 0 Å². The molecule has 0 atom stereocenters. The maximum atomic E-state index is 10.9. The number of hydrazine groups is 1. The third kappa shape index (κ3) is 4.55. The summed E-state index contributed by atoms with van der Waals surface area (Å²) in [5.41, 5.74) is 2.15. The molecule has 1 saturated heterocycles. The lowest BCUT2D eigenvalue weighted by Gasteiger charge is -2.18. The van der Waals surface area contributed by atoms with Gasteiger partial charge in [-0.15, -0.1) is 0 Å². The van der Waals surface area contributed by atoms with Gasteiger partial charge in [0.15, 0.2) is 0 Å². The second-order valence-corrected chi connectivity index (χ2v) is 3.62. The summed E-state index contributed by atoms with van der Waals surface area (Å²) in [6.07, 6.45) is 2.62. The molecular weight excluding hydrogens is 180 g/mol. The van der Waals surface area contributed by atoms with Crippen LogP contribution in [0.25, 0.3) is 0 Å². The normalized spacial score (nSPS) is 18.9. The van der Waals surface area contributed by atoms with E-state index in [1.54, 1.807) is 0 Å². The van der Waals surface area contributed by atoms with Gasteiger partial charge in [0, 0.05) is 19.5 Å². The molecular formula is C9H20N4O. The van der Waals surface area contributed by atoms with Crippen molar-refractivity contribution in [2.24, 2.45) is 5.84 Å². The number of nitrogens with zero attached hydrogens (tertiary/aromatic N) is 1. The number of carbonyl (C=O) groups is 1. The molecule has 1 heterocycles. The van der Waals surface area contributed by atoms with Crippen molar-refractivity contribution in [3.63, 3.8) is 0 Å². The molecule has 0 bridgehead atoms. The van der Waals surface area contributed by atoms with Crippen molar-refractivity contribution < 1.29 is 4.79 Å². The fourth-order valence-corrected chi connectivity index (χ4v) is 1.66. The van der Waals surface area contributed by atoms with Gasteiger partial charge in [-0.05, 0) is 32.5 Å². The smallest absolute Gasteiger partial charge is 0.233 e. The Morgan fingerprint density at radius 3 is 3.07 bits per heavy atom. The molecule has 0 aromatic carbocycles. The van der Waals surface area contributed by atoms with Crippen LogP contribution < -0.4 is 16.6 Å². The van der Waals surface area contributed by atoms with Crippen molar-refractivity contribution in [2.45, 2.75) is 19.3 Å². The van der Waals surface area contributed by atoms with Crippen molar-refractivity contribution in [3.8, 4) is 0 Å². The molecule has 0 spiro atoms. The summed E-state index contributed by atoms with van der Waals surface area (Å²) in [5.74, 6) is 4.92. The fraction of sp³-hybridized carbons (Fsp3) is 0.889. The Balaban J connectivity index is 2.07. The third-order valence-electron chi connectivity index (χ3n) is 2.47. The van der Waals surface area contributed by atoms with Gasteiger partial charge in [-0.1, -0.05) is 0 Å². The van der Waals surface area contributed by atoms with E-state index in [-0.39, 0.29) is 5.91 Å². The third-order valence-corrected chi connectivity index (χ3v) is 2.47. The number of amides is 1. The predicted molar refractivity (Wildman–Crippen MR) is 55.5 cm³/mol. The molecule has 0 saturated carbocycles. The lowest BCUT2D eigenvalue weighted by atomic mass is 10.2. The first-order chi connectivity index (χ1) is 6.83. The van der Waals surface area contributed by atoms with Crippen molar-refractivity contribution in [3.05, 3.63) is 0 Å². The molecule has 0 unspecified atom stereocenters. The molecule has 0 aromatic heterocycles. The highest BCUT2D eigenvalue weighted by Gasteiger charge is 2.08. The van der Waals surface area contributed by atoms with Gasteiger partial charge in [0.25, 0.3) is 0 Å². The second kappa shape index (κ2) is 6.75. The Morgan fingerprint density at radius 1 is 1.43 bits per heavy atom. The molecule has 1 amide bonds. The lowest BCUT2D eigenvalue weighted by molar-refractivity contribution is -0.121. The van der Waals surface area contributed by atoms with E-state index in [0.717, 1.165) is 39.1 Å². The Kier molecular flexibility index (Phi) is 5.51. The van der Waals surface area contributed by atoms with E-state index in [1.807, 2.05) is 0 Å². The summed E-state index contributed by atoms with van der Waals surface area (Å²) in [7, 11) is 0. The quantitative estimate of drug-likeness (QED) is 0.311. The van der Waals surface area contributed by atoms with E-state index >= 15 is 0 Å².